The van der Waals surface area contributed by atoms with E-state index in [1.807, 2.05) is 68.4 Å². The van der Waals surface area contributed by atoms with Gasteiger partial charge in [0.15, 0.2) is 5.11 Å². The van der Waals surface area contributed by atoms with Gasteiger partial charge in [-0.2, -0.15) is 10.2 Å². The van der Waals surface area contributed by atoms with Crippen molar-refractivity contribution in [3.8, 4) is 5.75 Å². The topological polar surface area (TPSA) is 70.0 Å². The number of rotatable bonds is 8. The Labute approximate surface area is 182 Å². The molecule has 0 saturated carbocycles. The molecule has 3 N–H and O–H groups in total. The van der Waals surface area contributed by atoms with Gasteiger partial charge in [0.05, 0.1) is 11.6 Å². The maximum absolute atomic E-state index is 5.55. The van der Waals surface area contributed by atoms with E-state index in [0.29, 0.717) is 34.6 Å². The molecule has 0 unspecified atom stereocenters. The molecule has 0 fully saturated rings. The van der Waals surface area contributed by atoms with E-state index < -0.39 is 0 Å². The van der Waals surface area contributed by atoms with Gasteiger partial charge in [-0.15, -0.1) is 0 Å². The lowest BCUT2D eigenvalue weighted by Crippen LogP contribution is -2.32. The maximum atomic E-state index is 5.55. The van der Waals surface area contributed by atoms with E-state index in [9.17, 15) is 0 Å². The number of nitrogens with zero attached hydrogens (tertiary/aromatic N) is 2. The Hall–Kier alpha value is -2.84. The molecule has 0 spiro atoms. The van der Waals surface area contributed by atoms with Crippen molar-refractivity contribution < 1.29 is 4.74 Å². The Balaban J connectivity index is 2.53. The van der Waals surface area contributed by atoms with Crippen molar-refractivity contribution in [3.63, 3.8) is 0 Å². The van der Waals surface area contributed by atoms with Crippen molar-refractivity contribution in [2.24, 2.45) is 10.2 Å². The van der Waals surface area contributed by atoms with Gasteiger partial charge in [-0.3, -0.25) is 10.9 Å². The smallest absolute Gasteiger partial charge is 0.186 e. The third-order valence-corrected chi connectivity index (χ3v) is 4.50. The van der Waals surface area contributed by atoms with Crippen LogP contribution in [0, 0.1) is 0 Å². The SMILES string of the molecule is CCOc1ccc(C(=NNC(=S)NC)C(=NNC(=S)CC)c2ccccc2)cc1. The van der Waals surface area contributed by atoms with E-state index in [4.69, 9.17) is 29.2 Å². The fourth-order valence-corrected chi connectivity index (χ4v) is 2.43. The highest BCUT2D eigenvalue weighted by molar-refractivity contribution is 7.80. The largest absolute Gasteiger partial charge is 0.494 e. The first kappa shape index (κ1) is 22.4. The number of hydrogen-bond donors (Lipinski definition) is 3. The molecule has 8 heteroatoms. The Morgan fingerprint density at radius 3 is 2.00 bits per heavy atom. The molecule has 0 heterocycles. The molecule has 0 bridgehead atoms. The summed E-state index contributed by atoms with van der Waals surface area (Å²) in [5.41, 5.74) is 8.81. The van der Waals surface area contributed by atoms with Crippen molar-refractivity contribution in [2.45, 2.75) is 20.3 Å². The summed E-state index contributed by atoms with van der Waals surface area (Å²) in [5, 5.41) is 12.3. The van der Waals surface area contributed by atoms with Crippen LogP contribution in [0.1, 0.15) is 31.4 Å². The molecule has 2 aromatic rings. The summed E-state index contributed by atoms with van der Waals surface area (Å²) < 4.78 is 5.55. The number of thiocarbonyl (C=S) groups is 2. The first-order valence-electron chi connectivity index (χ1n) is 9.30. The van der Waals surface area contributed by atoms with Crippen LogP contribution in [0.15, 0.2) is 64.8 Å². The summed E-state index contributed by atoms with van der Waals surface area (Å²) in [7, 11) is 1.73. The van der Waals surface area contributed by atoms with Gasteiger partial charge < -0.3 is 10.1 Å². The molecule has 0 aromatic heterocycles. The second-order valence-electron chi connectivity index (χ2n) is 5.82. The van der Waals surface area contributed by atoms with Gasteiger partial charge in [0.25, 0.3) is 0 Å². The van der Waals surface area contributed by atoms with Crippen molar-refractivity contribution >= 4 is 46.0 Å². The number of hydrazone groups is 2. The van der Waals surface area contributed by atoms with E-state index in [1.54, 1.807) is 7.05 Å². The average Bonchev–Trinajstić information content (AvgIpc) is 2.77. The second kappa shape index (κ2) is 11.9. The molecule has 0 saturated heterocycles. The van der Waals surface area contributed by atoms with E-state index in [0.717, 1.165) is 16.9 Å². The van der Waals surface area contributed by atoms with Crippen LogP contribution in [0.5, 0.6) is 5.75 Å². The van der Waals surface area contributed by atoms with E-state index in [1.165, 1.54) is 0 Å². The molecular formula is C21H25N5OS2. The van der Waals surface area contributed by atoms with Crippen molar-refractivity contribution in [2.75, 3.05) is 13.7 Å². The highest BCUT2D eigenvalue weighted by Crippen LogP contribution is 2.15. The zero-order valence-electron chi connectivity index (χ0n) is 16.7. The molecule has 0 aliphatic heterocycles. The van der Waals surface area contributed by atoms with E-state index in [-0.39, 0.29) is 0 Å². The molecule has 152 valence electrons. The van der Waals surface area contributed by atoms with E-state index >= 15 is 0 Å². The standard InChI is InChI=1S/C21H25N5OS2/c1-4-18(28)23-24-19(15-9-7-6-8-10-15)20(25-26-21(29)22-3)16-11-13-17(14-12-16)27-5-2/h6-14H,4-5H2,1-3H3,(H,23,28)(H2,22,26,29). The quantitative estimate of drug-likeness (QED) is 0.340. The molecular weight excluding hydrogens is 402 g/mol. The van der Waals surface area contributed by atoms with E-state index in [2.05, 4.69) is 26.4 Å². The minimum absolute atomic E-state index is 0.401. The predicted octanol–water partition coefficient (Wildman–Crippen LogP) is 3.61. The summed E-state index contributed by atoms with van der Waals surface area (Å²) in [6.07, 6.45) is 0.693. The minimum Gasteiger partial charge on any atom is -0.494 e. The van der Waals surface area contributed by atoms with Gasteiger partial charge in [-0.25, -0.2) is 0 Å². The van der Waals surface area contributed by atoms with Crippen LogP contribution in [0.3, 0.4) is 0 Å². The lowest BCUT2D eigenvalue weighted by molar-refractivity contribution is 0.340. The van der Waals surface area contributed by atoms with Gasteiger partial charge in [0.1, 0.15) is 17.2 Å². The molecule has 0 aliphatic carbocycles. The highest BCUT2D eigenvalue weighted by Gasteiger charge is 2.16. The Morgan fingerprint density at radius 1 is 0.862 bits per heavy atom. The monoisotopic (exact) mass is 427 g/mol. The lowest BCUT2D eigenvalue weighted by atomic mass is 10.00. The minimum atomic E-state index is 0.401. The predicted molar refractivity (Wildman–Crippen MR) is 128 cm³/mol. The second-order valence-corrected chi connectivity index (χ2v) is 6.72. The van der Waals surface area contributed by atoms with Crippen LogP contribution >= 0.6 is 24.4 Å². The number of hydrogen-bond acceptors (Lipinski definition) is 5. The van der Waals surface area contributed by atoms with Crippen LogP contribution in [0.25, 0.3) is 0 Å². The molecule has 6 nitrogen and oxygen atoms in total. The maximum Gasteiger partial charge on any atom is 0.186 e. The molecule has 29 heavy (non-hydrogen) atoms. The average molecular weight is 428 g/mol. The van der Waals surface area contributed by atoms with Gasteiger partial charge in [0, 0.05) is 18.2 Å². The zero-order valence-corrected chi connectivity index (χ0v) is 18.4. The van der Waals surface area contributed by atoms with Gasteiger partial charge >= 0.3 is 0 Å². The van der Waals surface area contributed by atoms with Crippen LogP contribution in [-0.4, -0.2) is 35.2 Å². The third-order valence-electron chi connectivity index (χ3n) is 3.82. The summed E-state index contributed by atoms with van der Waals surface area (Å²) >= 11 is 10.5. The molecule has 0 radical (unpaired) electrons. The van der Waals surface area contributed by atoms with Gasteiger partial charge in [0.2, 0.25) is 0 Å². The number of benzene rings is 2. The first-order valence-corrected chi connectivity index (χ1v) is 10.1. The van der Waals surface area contributed by atoms with Gasteiger partial charge in [-0.1, -0.05) is 49.5 Å². The molecule has 0 aliphatic rings. The fourth-order valence-electron chi connectivity index (χ4n) is 2.34. The Kier molecular flexibility index (Phi) is 9.20. The zero-order chi connectivity index (χ0) is 21.1. The summed E-state index contributed by atoms with van der Waals surface area (Å²) in [6, 6.07) is 17.5. The lowest BCUT2D eigenvalue weighted by Gasteiger charge is -2.13. The van der Waals surface area contributed by atoms with Crippen molar-refractivity contribution in [1.82, 2.24) is 16.2 Å². The third kappa shape index (κ3) is 6.92. The Bertz CT molecular complexity index is 880. The van der Waals surface area contributed by atoms with Crippen molar-refractivity contribution in [1.29, 1.82) is 0 Å². The molecule has 2 aromatic carbocycles. The normalized spacial score (nSPS) is 11.6. The molecule has 0 amide bonds. The summed E-state index contributed by atoms with van der Waals surface area (Å²) in [4.78, 5) is 0.642. The van der Waals surface area contributed by atoms with Gasteiger partial charge in [-0.05, 0) is 49.8 Å². The molecule has 2 rings (SSSR count). The summed E-state index contributed by atoms with van der Waals surface area (Å²) in [6.45, 7) is 4.53. The Morgan fingerprint density at radius 2 is 1.45 bits per heavy atom. The first-order chi connectivity index (χ1) is 14.1. The van der Waals surface area contributed by atoms with Crippen LogP contribution in [-0.2, 0) is 0 Å². The number of nitrogens with one attached hydrogen (secondary N) is 3. The van der Waals surface area contributed by atoms with Crippen LogP contribution in [0.4, 0.5) is 0 Å². The van der Waals surface area contributed by atoms with Crippen molar-refractivity contribution in [3.05, 3.63) is 65.7 Å². The molecule has 0 atom stereocenters. The fraction of sp³-hybridized carbons (Fsp3) is 0.238. The summed E-state index contributed by atoms with van der Waals surface area (Å²) in [5.74, 6) is 0.790. The highest BCUT2D eigenvalue weighted by atomic mass is 32.1. The van der Waals surface area contributed by atoms with Crippen LogP contribution in [0.2, 0.25) is 0 Å². The van der Waals surface area contributed by atoms with Crippen LogP contribution < -0.4 is 20.9 Å². The number of ether oxygens (including phenoxy) is 1.